The van der Waals surface area contributed by atoms with Gasteiger partial charge < -0.3 is 4.90 Å². The predicted octanol–water partition coefficient (Wildman–Crippen LogP) is 2.38. The average molecular weight is 287 g/mol. The molecule has 0 N–H and O–H groups in total. The zero-order valence-corrected chi connectivity index (χ0v) is 12.6. The van der Waals surface area contributed by atoms with Crippen LogP contribution in [0.4, 0.5) is 5.82 Å². The minimum atomic E-state index is 0.524. The summed E-state index contributed by atoms with van der Waals surface area (Å²) >= 11 is 7.57. The summed E-state index contributed by atoms with van der Waals surface area (Å²) in [6.07, 6.45) is 3.12. The van der Waals surface area contributed by atoms with Crippen LogP contribution >= 0.6 is 23.4 Å². The molecule has 1 atom stereocenters. The largest absolute Gasteiger partial charge is 0.354 e. The highest BCUT2D eigenvalue weighted by Crippen LogP contribution is 2.23. The Morgan fingerprint density at radius 2 is 2.22 bits per heavy atom. The second-order valence-corrected chi connectivity index (χ2v) is 5.68. The second kappa shape index (κ2) is 6.08. The lowest BCUT2D eigenvalue weighted by atomic mass is 10.1. The summed E-state index contributed by atoms with van der Waals surface area (Å²) in [6, 6.07) is 2.45. The van der Waals surface area contributed by atoms with Crippen molar-refractivity contribution in [1.82, 2.24) is 14.9 Å². The third-order valence-corrected chi connectivity index (χ3v) is 4.16. The summed E-state index contributed by atoms with van der Waals surface area (Å²) < 4.78 is 0. The Balaban J connectivity index is 2.18. The van der Waals surface area contributed by atoms with E-state index in [1.165, 1.54) is 11.8 Å². The van der Waals surface area contributed by atoms with Crippen molar-refractivity contribution < 1.29 is 0 Å². The van der Waals surface area contributed by atoms with Crippen LogP contribution in [0.25, 0.3) is 0 Å². The van der Waals surface area contributed by atoms with Crippen molar-refractivity contribution in [1.29, 1.82) is 0 Å². The first kappa shape index (κ1) is 13.9. The molecule has 2 rings (SSSR count). The van der Waals surface area contributed by atoms with Gasteiger partial charge in [0, 0.05) is 31.7 Å². The molecule has 0 saturated carbocycles. The maximum Gasteiger partial charge on any atom is 0.190 e. The molecule has 0 amide bonds. The highest BCUT2D eigenvalue weighted by Gasteiger charge is 2.24. The molecule has 0 bridgehead atoms. The molecular formula is C12H19ClN4S. The van der Waals surface area contributed by atoms with Crippen LogP contribution in [0.2, 0.25) is 5.15 Å². The molecular weight excluding hydrogens is 268 g/mol. The van der Waals surface area contributed by atoms with E-state index in [-0.39, 0.29) is 0 Å². The molecule has 0 aromatic carbocycles. The summed E-state index contributed by atoms with van der Waals surface area (Å²) in [5.41, 5.74) is 0. The number of aromatic nitrogens is 2. The van der Waals surface area contributed by atoms with Gasteiger partial charge >= 0.3 is 0 Å². The van der Waals surface area contributed by atoms with Crippen molar-refractivity contribution >= 4 is 29.2 Å². The van der Waals surface area contributed by atoms with Gasteiger partial charge in [0.25, 0.3) is 0 Å². The van der Waals surface area contributed by atoms with E-state index in [0.717, 1.165) is 37.0 Å². The Labute approximate surface area is 118 Å². The number of hydrogen-bond donors (Lipinski definition) is 0. The smallest absolute Gasteiger partial charge is 0.190 e. The maximum atomic E-state index is 6.05. The normalized spacial score (nSPS) is 21.3. The quantitative estimate of drug-likeness (QED) is 0.484. The van der Waals surface area contributed by atoms with Crippen molar-refractivity contribution in [2.24, 2.45) is 0 Å². The fourth-order valence-corrected chi connectivity index (χ4v) is 2.84. The molecule has 0 aliphatic carbocycles. The van der Waals surface area contributed by atoms with Gasteiger partial charge in [-0.3, -0.25) is 4.90 Å². The van der Waals surface area contributed by atoms with Gasteiger partial charge in [0.05, 0.1) is 0 Å². The van der Waals surface area contributed by atoms with Crippen molar-refractivity contribution in [3.63, 3.8) is 0 Å². The van der Waals surface area contributed by atoms with Crippen LogP contribution in [0.3, 0.4) is 0 Å². The number of hydrogen-bond acceptors (Lipinski definition) is 5. The molecule has 2 heterocycles. The minimum absolute atomic E-state index is 0.524. The number of thioether (sulfide) groups is 1. The van der Waals surface area contributed by atoms with E-state index in [9.17, 15) is 0 Å². The predicted molar refractivity (Wildman–Crippen MR) is 77.7 cm³/mol. The molecule has 1 aliphatic heterocycles. The minimum Gasteiger partial charge on any atom is -0.354 e. The molecule has 100 valence electrons. The van der Waals surface area contributed by atoms with E-state index in [4.69, 9.17) is 11.6 Å². The molecule has 1 unspecified atom stereocenters. The van der Waals surface area contributed by atoms with Crippen molar-refractivity contribution in [3.05, 3.63) is 11.2 Å². The second-order valence-electron chi connectivity index (χ2n) is 4.52. The Hall–Kier alpha value is -0.520. The zero-order chi connectivity index (χ0) is 13.1. The van der Waals surface area contributed by atoms with Crippen molar-refractivity contribution in [3.8, 4) is 0 Å². The lowest BCUT2D eigenvalue weighted by molar-refractivity contribution is 0.213. The molecule has 1 aromatic rings. The Kier molecular flexibility index (Phi) is 4.70. The first-order chi connectivity index (χ1) is 8.63. The van der Waals surface area contributed by atoms with Crippen LogP contribution < -0.4 is 4.90 Å². The van der Waals surface area contributed by atoms with Crippen molar-refractivity contribution in [2.45, 2.75) is 24.5 Å². The van der Waals surface area contributed by atoms with Crippen LogP contribution in [0.15, 0.2) is 11.2 Å². The number of halogens is 1. The van der Waals surface area contributed by atoms with E-state index < -0.39 is 0 Å². The lowest BCUT2D eigenvalue weighted by Gasteiger charge is -2.39. The van der Waals surface area contributed by atoms with Gasteiger partial charge in [0.2, 0.25) is 0 Å². The number of piperazine rings is 1. The lowest BCUT2D eigenvalue weighted by Crippen LogP contribution is -2.51. The molecule has 0 radical (unpaired) electrons. The van der Waals surface area contributed by atoms with Crippen LogP contribution in [0.1, 0.15) is 13.3 Å². The number of anilines is 1. The molecule has 1 saturated heterocycles. The summed E-state index contributed by atoms with van der Waals surface area (Å²) in [7, 11) is 2.19. The molecule has 1 aliphatic rings. The highest BCUT2D eigenvalue weighted by atomic mass is 35.5. The fraction of sp³-hybridized carbons (Fsp3) is 0.667. The molecule has 6 heteroatoms. The van der Waals surface area contributed by atoms with Gasteiger partial charge in [0.15, 0.2) is 5.16 Å². The van der Waals surface area contributed by atoms with Crippen LogP contribution in [-0.4, -0.2) is 53.8 Å². The standard InChI is InChI=1S/C12H19ClN4S/c1-4-9-8-17(6-5-16(9)2)11-7-10(13)14-12(15-11)18-3/h7,9H,4-6,8H2,1-3H3. The van der Waals surface area contributed by atoms with Crippen LogP contribution in [-0.2, 0) is 0 Å². The van der Waals surface area contributed by atoms with Gasteiger partial charge in [-0.25, -0.2) is 9.97 Å². The monoisotopic (exact) mass is 286 g/mol. The van der Waals surface area contributed by atoms with Crippen molar-refractivity contribution in [2.75, 3.05) is 37.8 Å². The first-order valence-electron chi connectivity index (χ1n) is 6.17. The summed E-state index contributed by atoms with van der Waals surface area (Å²) in [5, 5.41) is 1.26. The molecule has 1 aromatic heterocycles. The van der Waals surface area contributed by atoms with E-state index >= 15 is 0 Å². The number of nitrogens with zero attached hydrogens (tertiary/aromatic N) is 4. The molecule has 1 fully saturated rings. The molecule has 4 nitrogen and oxygen atoms in total. The fourth-order valence-electron chi connectivity index (χ4n) is 2.23. The third-order valence-electron chi connectivity index (χ3n) is 3.42. The van der Waals surface area contributed by atoms with Gasteiger partial charge in [-0.15, -0.1) is 0 Å². The van der Waals surface area contributed by atoms with Gasteiger partial charge in [-0.1, -0.05) is 30.3 Å². The van der Waals surface area contributed by atoms with Gasteiger partial charge in [-0.2, -0.15) is 0 Å². The van der Waals surface area contributed by atoms with E-state index in [1.807, 2.05) is 12.3 Å². The third kappa shape index (κ3) is 3.08. The Bertz CT molecular complexity index is 415. The van der Waals surface area contributed by atoms with Gasteiger partial charge in [0.1, 0.15) is 11.0 Å². The van der Waals surface area contributed by atoms with E-state index in [1.54, 1.807) is 0 Å². The molecule has 0 spiro atoms. The Morgan fingerprint density at radius 1 is 1.44 bits per heavy atom. The summed E-state index contributed by atoms with van der Waals surface area (Å²) in [4.78, 5) is 13.4. The average Bonchev–Trinajstić information content (AvgIpc) is 2.38. The number of rotatable bonds is 3. The number of likely N-dealkylation sites (N-methyl/N-ethyl adjacent to an activating group) is 1. The maximum absolute atomic E-state index is 6.05. The first-order valence-corrected chi connectivity index (χ1v) is 7.78. The Morgan fingerprint density at radius 3 is 2.89 bits per heavy atom. The molecule has 18 heavy (non-hydrogen) atoms. The van der Waals surface area contributed by atoms with E-state index in [0.29, 0.717) is 11.2 Å². The van der Waals surface area contributed by atoms with Crippen LogP contribution in [0.5, 0.6) is 0 Å². The van der Waals surface area contributed by atoms with Crippen LogP contribution in [0, 0.1) is 0 Å². The summed E-state index contributed by atoms with van der Waals surface area (Å²) in [5.74, 6) is 0.950. The highest BCUT2D eigenvalue weighted by molar-refractivity contribution is 7.98. The van der Waals surface area contributed by atoms with Gasteiger partial charge in [-0.05, 0) is 19.7 Å². The zero-order valence-electron chi connectivity index (χ0n) is 11.1. The van der Waals surface area contributed by atoms with E-state index in [2.05, 4.69) is 33.7 Å². The SMILES string of the molecule is CCC1CN(c2cc(Cl)nc(SC)n2)CCN1C. The summed E-state index contributed by atoms with van der Waals surface area (Å²) in [6.45, 7) is 5.29. The topological polar surface area (TPSA) is 32.3 Å².